The van der Waals surface area contributed by atoms with E-state index in [1.807, 2.05) is 0 Å². The monoisotopic (exact) mass is 158 g/mol. The first-order valence-electron chi connectivity index (χ1n) is 1.71. The molecule has 42 valence electrons. The van der Waals surface area contributed by atoms with Gasteiger partial charge in [0.1, 0.15) is 0 Å². The van der Waals surface area contributed by atoms with Crippen molar-refractivity contribution in [1.29, 1.82) is 4.78 Å². The standard InChI is InChI=1S/C3H6N2S2.Na.H/c1-2-5-3(6)7-4;;/h2,4,7H,1H3;;. The van der Waals surface area contributed by atoms with Gasteiger partial charge >= 0.3 is 29.6 Å². The summed E-state index contributed by atoms with van der Waals surface area (Å²) in [7, 11) is 0. The third-order valence-corrected chi connectivity index (χ3v) is 1.02. The molecule has 0 heterocycles. The van der Waals surface area contributed by atoms with Crippen LogP contribution >= 0.6 is 12.2 Å². The van der Waals surface area contributed by atoms with Gasteiger partial charge in [-0.1, -0.05) is 11.6 Å². The molecule has 0 unspecified atom stereocenters. The van der Waals surface area contributed by atoms with Crippen molar-refractivity contribution in [3.8, 4) is 0 Å². The van der Waals surface area contributed by atoms with Crippen LogP contribution in [0.15, 0.2) is 4.99 Å². The van der Waals surface area contributed by atoms with Crippen molar-refractivity contribution in [2.45, 2.75) is 6.92 Å². The van der Waals surface area contributed by atoms with Gasteiger partial charge in [0.15, 0.2) is 4.32 Å². The quantitative estimate of drug-likeness (QED) is 0.226. The van der Waals surface area contributed by atoms with Gasteiger partial charge in [0.2, 0.25) is 0 Å². The molecule has 0 aliphatic rings. The van der Waals surface area contributed by atoms with Gasteiger partial charge in [0.05, 0.1) is 0 Å². The van der Waals surface area contributed by atoms with E-state index in [1.165, 1.54) is 0 Å². The summed E-state index contributed by atoms with van der Waals surface area (Å²) in [5.74, 6) is 0. The number of thiocarbonyl (C=S) groups is 1. The van der Waals surface area contributed by atoms with Crippen LogP contribution in [-0.4, -0.2) is 40.1 Å². The van der Waals surface area contributed by atoms with Crippen LogP contribution in [0.3, 0.4) is 0 Å². The molecule has 0 aromatic heterocycles. The molecule has 0 radical (unpaired) electrons. The topological polar surface area (TPSA) is 36.2 Å². The van der Waals surface area contributed by atoms with E-state index in [4.69, 9.17) is 4.78 Å². The summed E-state index contributed by atoms with van der Waals surface area (Å²) in [6.07, 6.45) is 1.59. The summed E-state index contributed by atoms with van der Waals surface area (Å²) < 4.78 is 7.05. The molecule has 1 N–H and O–H groups in total. The molecule has 0 aliphatic heterocycles. The van der Waals surface area contributed by atoms with Gasteiger partial charge in [-0.05, 0) is 19.1 Å². The van der Waals surface area contributed by atoms with Gasteiger partial charge in [-0.15, -0.1) is 0 Å². The molecule has 0 fully saturated rings. The normalized spacial score (nSPS) is 8.62. The van der Waals surface area contributed by atoms with Crippen molar-refractivity contribution in [1.82, 2.24) is 0 Å². The zero-order chi connectivity index (χ0) is 5.70. The van der Waals surface area contributed by atoms with Gasteiger partial charge in [-0.2, -0.15) is 0 Å². The van der Waals surface area contributed by atoms with Crippen LogP contribution in [0.1, 0.15) is 6.92 Å². The Morgan fingerprint density at radius 3 is 2.50 bits per heavy atom. The van der Waals surface area contributed by atoms with Crippen LogP contribution in [-0.2, 0) is 11.6 Å². The Morgan fingerprint density at radius 1 is 1.88 bits per heavy atom. The molecule has 0 aromatic carbocycles. The first-order chi connectivity index (χ1) is 3.31. The molecule has 2 nitrogen and oxygen atoms in total. The van der Waals surface area contributed by atoms with E-state index in [2.05, 4.69) is 17.2 Å². The van der Waals surface area contributed by atoms with Gasteiger partial charge in [0, 0.05) is 6.21 Å². The second-order valence-corrected chi connectivity index (χ2v) is 2.12. The molecule has 0 bridgehead atoms. The number of hydrogen-bond donors (Lipinski definition) is 2. The van der Waals surface area contributed by atoms with Crippen LogP contribution < -0.4 is 0 Å². The summed E-state index contributed by atoms with van der Waals surface area (Å²) in [6, 6.07) is 0. The van der Waals surface area contributed by atoms with Crippen molar-refractivity contribution < 1.29 is 0 Å². The fourth-order valence-electron chi connectivity index (χ4n) is 0.139. The molecule has 0 aliphatic carbocycles. The maximum atomic E-state index is 6.63. The number of thiol groups is 1. The van der Waals surface area contributed by atoms with Crippen molar-refractivity contribution in [3.63, 3.8) is 0 Å². The van der Waals surface area contributed by atoms with E-state index in [1.54, 1.807) is 13.1 Å². The third-order valence-electron chi connectivity index (χ3n) is 0.335. The van der Waals surface area contributed by atoms with E-state index >= 15 is 0 Å². The minimum atomic E-state index is 0. The number of rotatable bonds is 0. The summed E-state index contributed by atoms with van der Waals surface area (Å²) in [5, 5.41) is 0. The molecule has 0 rings (SSSR count). The number of nitrogens with one attached hydrogen (secondary N) is 1. The van der Waals surface area contributed by atoms with E-state index in [0.29, 0.717) is 15.9 Å². The van der Waals surface area contributed by atoms with Crippen molar-refractivity contribution in [2.24, 2.45) is 4.99 Å². The molecular formula is C3H7N2NaS2. The Kier molecular flexibility index (Phi) is 11.5. The second kappa shape index (κ2) is 7.91. The Morgan fingerprint density at radius 2 is 2.38 bits per heavy atom. The Hall–Kier alpha value is 0.910. The average molecular weight is 158 g/mol. The Bertz CT molecular complexity index is 112. The SMILES string of the molecule is CC=NC(=S)[SH]=N.[NaH]. The molecule has 0 saturated heterocycles. The maximum absolute atomic E-state index is 6.63. The minimum absolute atomic E-state index is 0. The summed E-state index contributed by atoms with van der Waals surface area (Å²) in [6.45, 7) is 1.78. The first kappa shape index (κ1) is 11.7. The predicted molar refractivity (Wildman–Crippen MR) is 45.4 cm³/mol. The van der Waals surface area contributed by atoms with Crippen molar-refractivity contribution in [2.75, 3.05) is 0 Å². The van der Waals surface area contributed by atoms with Crippen LogP contribution in [0, 0.1) is 4.78 Å². The molecule has 5 heteroatoms. The summed E-state index contributed by atoms with van der Waals surface area (Å²) in [5.41, 5.74) is 0. The zero-order valence-electron chi connectivity index (χ0n) is 3.88. The molecule has 0 atom stereocenters. The van der Waals surface area contributed by atoms with Gasteiger partial charge < -0.3 is 0 Å². The van der Waals surface area contributed by atoms with Crippen LogP contribution in [0.4, 0.5) is 0 Å². The molecule has 0 aromatic rings. The van der Waals surface area contributed by atoms with Crippen LogP contribution in [0.5, 0.6) is 0 Å². The Labute approximate surface area is 80.0 Å². The molecular weight excluding hydrogens is 151 g/mol. The number of nitrogens with zero attached hydrogens (tertiary/aromatic N) is 1. The first-order valence-corrected chi connectivity index (χ1v) is 3.01. The molecule has 0 amide bonds. The fraction of sp³-hybridized carbons (Fsp3) is 0.333. The molecule has 0 spiro atoms. The number of hydrogen-bond acceptors (Lipinski definition) is 2. The second-order valence-electron chi connectivity index (χ2n) is 0.782. The van der Waals surface area contributed by atoms with E-state index in [9.17, 15) is 0 Å². The average Bonchev–Trinajstić information content (AvgIpc) is 1.68. The third kappa shape index (κ3) is 6.91. The Balaban J connectivity index is 0. The zero-order valence-corrected chi connectivity index (χ0v) is 5.59. The van der Waals surface area contributed by atoms with E-state index < -0.39 is 0 Å². The van der Waals surface area contributed by atoms with Crippen LogP contribution in [0.25, 0.3) is 0 Å². The van der Waals surface area contributed by atoms with Gasteiger partial charge in [-0.3, -0.25) is 4.78 Å². The van der Waals surface area contributed by atoms with Gasteiger partial charge in [-0.25, -0.2) is 4.99 Å². The number of aliphatic imine (C=N–C) groups is 1. The predicted octanol–water partition coefficient (Wildman–Crippen LogP) is 0.291. The summed E-state index contributed by atoms with van der Waals surface area (Å²) in [4.78, 5) is 3.65. The van der Waals surface area contributed by atoms with Crippen LogP contribution in [0.2, 0.25) is 0 Å². The van der Waals surface area contributed by atoms with Crippen molar-refractivity contribution >= 4 is 63.9 Å². The van der Waals surface area contributed by atoms with Crippen molar-refractivity contribution in [3.05, 3.63) is 0 Å². The van der Waals surface area contributed by atoms with E-state index in [-0.39, 0.29) is 29.6 Å². The molecule has 0 saturated carbocycles. The van der Waals surface area contributed by atoms with E-state index in [0.717, 1.165) is 0 Å². The molecule has 8 heavy (non-hydrogen) atoms. The fourth-order valence-corrected chi connectivity index (χ4v) is 0.418. The van der Waals surface area contributed by atoms with Gasteiger partial charge in [0.25, 0.3) is 0 Å². The summed E-state index contributed by atoms with van der Waals surface area (Å²) >= 11 is 4.88.